The summed E-state index contributed by atoms with van der Waals surface area (Å²) in [6.45, 7) is 3.61. The number of rotatable bonds is 9. The number of unbranched alkanes of at least 4 members (excludes halogenated alkanes) is 7. The molecule has 5 heteroatoms. The summed E-state index contributed by atoms with van der Waals surface area (Å²) in [5.74, 6) is 0. The molecule has 0 amide bonds. The highest BCUT2D eigenvalue weighted by molar-refractivity contribution is 4.45. The molecule has 0 N–H and O–H groups in total. The maximum atomic E-state index is 8.52. The van der Waals surface area contributed by atoms with Crippen molar-refractivity contribution < 1.29 is 31.9 Å². The molecular weight excluding hydrogens is 298 g/mol. The number of quaternary nitrogens is 1. The average molecular weight is 328 g/mol. The molecular formula is C13H30BrNO3. The Balaban J connectivity index is 0. The van der Waals surface area contributed by atoms with E-state index in [2.05, 4.69) is 28.1 Å². The lowest BCUT2D eigenvalue weighted by atomic mass is 10.1. The van der Waals surface area contributed by atoms with Crippen LogP contribution >= 0.6 is 0 Å². The van der Waals surface area contributed by atoms with Gasteiger partial charge in [0.2, 0.25) is 14.8 Å². The molecule has 112 valence electrons. The minimum absolute atomic E-state index is 1.12. The molecule has 0 aliphatic rings. The van der Waals surface area contributed by atoms with Crippen molar-refractivity contribution in [2.75, 3.05) is 27.7 Å². The van der Waals surface area contributed by atoms with E-state index < -0.39 is 14.8 Å². The van der Waals surface area contributed by atoms with E-state index in [9.17, 15) is 0 Å². The summed E-state index contributed by atoms with van der Waals surface area (Å²) in [4.78, 5) is 0. The SMILES string of the molecule is CCCCCCCCCC[N+](C)(C)C.[O-][Br+2]([O-])[O-]. The van der Waals surface area contributed by atoms with Gasteiger partial charge in [-0.2, -0.15) is 0 Å². The van der Waals surface area contributed by atoms with Crippen LogP contribution < -0.4 is 12.6 Å². The summed E-state index contributed by atoms with van der Waals surface area (Å²) in [5, 5.41) is 0. The Morgan fingerprint density at radius 2 is 1.06 bits per heavy atom. The van der Waals surface area contributed by atoms with Crippen molar-refractivity contribution in [3.63, 3.8) is 0 Å². The molecule has 0 atom stereocenters. The van der Waals surface area contributed by atoms with Crippen molar-refractivity contribution in [3.8, 4) is 0 Å². The Morgan fingerprint density at radius 3 is 1.39 bits per heavy atom. The predicted octanol–water partition coefficient (Wildman–Crippen LogP) is 0.266. The van der Waals surface area contributed by atoms with Crippen LogP contribution in [-0.2, 0) is 0 Å². The topological polar surface area (TPSA) is 69.2 Å². The van der Waals surface area contributed by atoms with Crippen LogP contribution in [0.5, 0.6) is 0 Å². The second-order valence-corrected chi connectivity index (χ2v) is 6.47. The molecule has 18 heavy (non-hydrogen) atoms. The summed E-state index contributed by atoms with van der Waals surface area (Å²) in [6.07, 6.45) is 11.4. The molecule has 0 spiro atoms. The molecule has 0 saturated carbocycles. The molecule has 0 saturated heterocycles. The van der Waals surface area contributed by atoms with Gasteiger partial charge in [0.1, 0.15) is 0 Å². The zero-order chi connectivity index (χ0) is 14.4. The molecule has 0 aromatic rings. The molecule has 0 bridgehead atoms. The summed E-state index contributed by atoms with van der Waals surface area (Å²) >= 11 is -3.65. The first-order chi connectivity index (χ1) is 8.29. The molecule has 0 fully saturated rings. The molecule has 0 unspecified atom stereocenters. The molecule has 0 aliphatic carbocycles. The van der Waals surface area contributed by atoms with Gasteiger partial charge in [0, 0.05) is 0 Å². The highest BCUT2D eigenvalue weighted by atomic mass is 80.0. The number of halogens is 1. The zero-order valence-electron chi connectivity index (χ0n) is 12.4. The van der Waals surface area contributed by atoms with E-state index in [1.165, 1.54) is 57.9 Å². The maximum Gasteiger partial charge on any atom is 0.216 e. The molecule has 0 aliphatic heterocycles. The third kappa shape index (κ3) is 29.9. The highest BCUT2D eigenvalue weighted by Crippen LogP contribution is 2.09. The quantitative estimate of drug-likeness (QED) is 0.450. The van der Waals surface area contributed by atoms with Crippen molar-refractivity contribution >= 4 is 0 Å². The summed E-state index contributed by atoms with van der Waals surface area (Å²) in [6, 6.07) is 0. The lowest BCUT2D eigenvalue weighted by Crippen LogP contribution is -2.42. The van der Waals surface area contributed by atoms with Crippen LogP contribution in [0.25, 0.3) is 0 Å². The fraction of sp³-hybridized carbons (Fsp3) is 1.00. The fourth-order valence-electron chi connectivity index (χ4n) is 1.72. The molecule has 4 nitrogen and oxygen atoms in total. The first kappa shape index (κ1) is 20.6. The minimum atomic E-state index is -3.65. The molecule has 0 aromatic carbocycles. The standard InChI is InChI=1S/C13H30N.BrO3/c1-5-6-7-8-9-10-11-12-13-14(2,3)4;2-1(3)4/h5-13H2,1-4H3;/q+1;-1. The Labute approximate surface area is 118 Å². The smallest absolute Gasteiger partial charge is 0.216 e. The largest absolute Gasteiger partial charge is 0.405 e. The fourth-order valence-corrected chi connectivity index (χ4v) is 1.72. The minimum Gasteiger partial charge on any atom is -0.405 e. The van der Waals surface area contributed by atoms with E-state index in [0.717, 1.165) is 4.48 Å². The van der Waals surface area contributed by atoms with E-state index >= 15 is 0 Å². The van der Waals surface area contributed by atoms with Gasteiger partial charge in [0.15, 0.2) is 0 Å². The first-order valence-electron chi connectivity index (χ1n) is 6.83. The van der Waals surface area contributed by atoms with Crippen LogP contribution in [0.1, 0.15) is 58.3 Å². The van der Waals surface area contributed by atoms with Crippen molar-refractivity contribution in [2.45, 2.75) is 58.3 Å². The zero-order valence-corrected chi connectivity index (χ0v) is 14.0. The second kappa shape index (κ2) is 13.7. The average Bonchev–Trinajstić information content (AvgIpc) is 2.19. The van der Waals surface area contributed by atoms with Crippen molar-refractivity contribution in [1.29, 1.82) is 0 Å². The predicted molar refractivity (Wildman–Crippen MR) is 65.5 cm³/mol. The monoisotopic (exact) mass is 327 g/mol. The number of hydrogen-bond donors (Lipinski definition) is 0. The van der Waals surface area contributed by atoms with E-state index in [1.807, 2.05) is 0 Å². The highest BCUT2D eigenvalue weighted by Gasteiger charge is 2.04. The van der Waals surface area contributed by atoms with Gasteiger partial charge in [-0.25, -0.2) is 0 Å². The van der Waals surface area contributed by atoms with Gasteiger partial charge >= 0.3 is 0 Å². The van der Waals surface area contributed by atoms with Crippen LogP contribution in [-0.4, -0.2) is 32.2 Å². The van der Waals surface area contributed by atoms with E-state index in [-0.39, 0.29) is 0 Å². The van der Waals surface area contributed by atoms with Gasteiger partial charge in [0.05, 0.1) is 27.7 Å². The molecule has 0 rings (SSSR count). The Bertz CT molecular complexity index is 158. The van der Waals surface area contributed by atoms with Crippen molar-refractivity contribution in [3.05, 3.63) is 0 Å². The van der Waals surface area contributed by atoms with Crippen molar-refractivity contribution in [2.24, 2.45) is 0 Å². The van der Waals surface area contributed by atoms with Gasteiger partial charge in [-0.3, -0.25) is 0 Å². The van der Waals surface area contributed by atoms with Gasteiger partial charge in [0.25, 0.3) is 0 Å². The number of nitrogens with zero attached hydrogens (tertiary/aromatic N) is 1. The third-order valence-electron chi connectivity index (χ3n) is 2.68. The lowest BCUT2D eigenvalue weighted by molar-refractivity contribution is -1.73. The maximum absolute atomic E-state index is 8.52. The van der Waals surface area contributed by atoms with Crippen LogP contribution in [0.15, 0.2) is 0 Å². The van der Waals surface area contributed by atoms with Crippen LogP contribution in [0, 0.1) is 14.8 Å². The number of hydrogen-bond acceptors (Lipinski definition) is 3. The van der Waals surface area contributed by atoms with E-state index in [4.69, 9.17) is 12.6 Å². The Kier molecular flexibility index (Phi) is 15.8. The van der Waals surface area contributed by atoms with E-state index in [1.54, 1.807) is 0 Å². The van der Waals surface area contributed by atoms with Gasteiger partial charge in [-0.15, -0.1) is 0 Å². The second-order valence-electron chi connectivity index (χ2n) is 5.68. The van der Waals surface area contributed by atoms with Gasteiger partial charge in [-0.1, -0.05) is 45.4 Å². The molecule has 0 aromatic heterocycles. The Hall–Kier alpha value is 0.320. The summed E-state index contributed by atoms with van der Waals surface area (Å²) < 4.78 is 26.7. The molecule has 0 radical (unpaired) electrons. The lowest BCUT2D eigenvalue weighted by Gasteiger charge is -2.23. The van der Waals surface area contributed by atoms with Crippen LogP contribution in [0.4, 0.5) is 0 Å². The van der Waals surface area contributed by atoms with Gasteiger partial charge in [-0.05, 0) is 12.8 Å². The van der Waals surface area contributed by atoms with Crippen molar-refractivity contribution in [1.82, 2.24) is 0 Å². The first-order valence-corrected chi connectivity index (χ1v) is 8.77. The van der Waals surface area contributed by atoms with Gasteiger partial charge < -0.3 is 17.1 Å². The van der Waals surface area contributed by atoms with Crippen LogP contribution in [0.2, 0.25) is 0 Å². The third-order valence-corrected chi connectivity index (χ3v) is 2.68. The normalized spacial score (nSPS) is 11.3. The Morgan fingerprint density at radius 1 is 0.722 bits per heavy atom. The summed E-state index contributed by atoms with van der Waals surface area (Å²) in [5.41, 5.74) is 0. The van der Waals surface area contributed by atoms with Crippen LogP contribution in [0.3, 0.4) is 0 Å². The molecule has 0 heterocycles. The van der Waals surface area contributed by atoms with E-state index in [0.29, 0.717) is 0 Å². The summed E-state index contributed by atoms with van der Waals surface area (Å²) in [7, 11) is 6.84.